The van der Waals surface area contributed by atoms with Gasteiger partial charge in [0.25, 0.3) is 0 Å². The van der Waals surface area contributed by atoms with Crippen LogP contribution in [0.25, 0.3) is 0 Å². The van der Waals surface area contributed by atoms with E-state index < -0.39 is 29.9 Å². The highest BCUT2D eigenvalue weighted by molar-refractivity contribution is 5.93. The Kier molecular flexibility index (Phi) is 7.27. The average molecular weight is 286 g/mol. The van der Waals surface area contributed by atoms with Gasteiger partial charge in [0.15, 0.2) is 0 Å². The van der Waals surface area contributed by atoms with Gasteiger partial charge in [-0.2, -0.15) is 0 Å². The van der Waals surface area contributed by atoms with E-state index in [-0.39, 0.29) is 11.8 Å². The Labute approximate surface area is 118 Å². The summed E-state index contributed by atoms with van der Waals surface area (Å²) in [6, 6.07) is -2.25. The minimum Gasteiger partial charge on any atom is -0.357 e. The Balaban J connectivity index is 4.35. The van der Waals surface area contributed by atoms with E-state index in [0.29, 0.717) is 0 Å². The lowest BCUT2D eigenvalue weighted by Gasteiger charge is -2.19. The molecule has 0 spiro atoms. The first-order valence-electron chi connectivity index (χ1n) is 6.28. The van der Waals surface area contributed by atoms with Crippen LogP contribution in [0.4, 0.5) is 0 Å². The van der Waals surface area contributed by atoms with Crippen LogP contribution in [0.2, 0.25) is 0 Å². The molecule has 0 aromatic heterocycles. The molecule has 0 rings (SSSR count). The van der Waals surface area contributed by atoms with Crippen LogP contribution in [0.15, 0.2) is 0 Å². The standard InChI is InChI=1S/C12H22N4O4/c1-6(10(18)13-5)15-12(20)8(3)16-11(19)7(2)14-9(4)17/h6-8H,1-5H3,(H,13,18)(H,14,17)(H,15,20)(H,16,19)/t6-,7-,8-/m0/s1. The molecular formula is C12H22N4O4. The summed E-state index contributed by atoms with van der Waals surface area (Å²) in [7, 11) is 1.46. The number of hydrogen-bond donors (Lipinski definition) is 4. The van der Waals surface area contributed by atoms with Crippen molar-refractivity contribution in [2.45, 2.75) is 45.8 Å². The lowest BCUT2D eigenvalue weighted by Crippen LogP contribution is -2.54. The van der Waals surface area contributed by atoms with Gasteiger partial charge in [-0.3, -0.25) is 19.2 Å². The molecule has 3 atom stereocenters. The largest absolute Gasteiger partial charge is 0.357 e. The summed E-state index contributed by atoms with van der Waals surface area (Å²) in [4.78, 5) is 45.5. The molecule has 0 aliphatic heterocycles. The number of rotatable bonds is 6. The van der Waals surface area contributed by atoms with E-state index in [0.717, 1.165) is 0 Å². The van der Waals surface area contributed by atoms with Crippen molar-refractivity contribution in [3.63, 3.8) is 0 Å². The summed E-state index contributed by atoms with van der Waals surface area (Å²) >= 11 is 0. The first-order valence-corrected chi connectivity index (χ1v) is 6.28. The van der Waals surface area contributed by atoms with Crippen molar-refractivity contribution in [2.75, 3.05) is 7.05 Å². The van der Waals surface area contributed by atoms with Crippen LogP contribution in [0.3, 0.4) is 0 Å². The van der Waals surface area contributed by atoms with Crippen molar-refractivity contribution in [2.24, 2.45) is 0 Å². The number of carbonyl (C=O) groups excluding carboxylic acids is 4. The number of carbonyl (C=O) groups is 4. The average Bonchev–Trinajstić information content (AvgIpc) is 2.36. The van der Waals surface area contributed by atoms with E-state index in [1.165, 1.54) is 34.7 Å². The molecule has 114 valence electrons. The molecule has 0 fully saturated rings. The van der Waals surface area contributed by atoms with Gasteiger partial charge in [-0.1, -0.05) is 0 Å². The van der Waals surface area contributed by atoms with Crippen LogP contribution in [0.5, 0.6) is 0 Å². The van der Waals surface area contributed by atoms with Crippen molar-refractivity contribution < 1.29 is 19.2 Å². The quantitative estimate of drug-likeness (QED) is 0.464. The van der Waals surface area contributed by atoms with Crippen molar-refractivity contribution in [3.05, 3.63) is 0 Å². The van der Waals surface area contributed by atoms with Crippen LogP contribution < -0.4 is 21.3 Å². The van der Waals surface area contributed by atoms with Gasteiger partial charge < -0.3 is 21.3 Å². The Morgan fingerprint density at radius 1 is 0.700 bits per heavy atom. The Bertz CT molecular complexity index is 397. The van der Waals surface area contributed by atoms with Gasteiger partial charge in [-0.25, -0.2) is 0 Å². The molecule has 0 aliphatic rings. The number of nitrogens with one attached hydrogen (secondary N) is 4. The molecule has 4 amide bonds. The minimum atomic E-state index is -0.814. The Morgan fingerprint density at radius 3 is 1.40 bits per heavy atom. The van der Waals surface area contributed by atoms with E-state index in [2.05, 4.69) is 21.3 Å². The first kappa shape index (κ1) is 17.9. The summed E-state index contributed by atoms with van der Waals surface area (Å²) in [5.74, 6) is -1.62. The summed E-state index contributed by atoms with van der Waals surface area (Å²) < 4.78 is 0. The third-order valence-electron chi connectivity index (χ3n) is 2.56. The lowest BCUT2D eigenvalue weighted by atomic mass is 10.2. The minimum absolute atomic E-state index is 0.330. The van der Waals surface area contributed by atoms with Crippen LogP contribution in [-0.2, 0) is 19.2 Å². The highest BCUT2D eigenvalue weighted by Gasteiger charge is 2.22. The molecule has 8 nitrogen and oxygen atoms in total. The molecule has 20 heavy (non-hydrogen) atoms. The van der Waals surface area contributed by atoms with Gasteiger partial charge in [0.1, 0.15) is 18.1 Å². The molecule has 4 N–H and O–H groups in total. The second-order valence-corrected chi connectivity index (χ2v) is 4.50. The topological polar surface area (TPSA) is 116 Å². The highest BCUT2D eigenvalue weighted by Crippen LogP contribution is 1.90. The fraction of sp³-hybridized carbons (Fsp3) is 0.667. The summed E-state index contributed by atoms with van der Waals surface area (Å²) in [5, 5.41) is 9.72. The van der Waals surface area contributed by atoms with Gasteiger partial charge >= 0.3 is 0 Å². The number of likely N-dealkylation sites (N-methyl/N-ethyl adjacent to an activating group) is 1. The van der Waals surface area contributed by atoms with Crippen molar-refractivity contribution in [1.82, 2.24) is 21.3 Å². The molecule has 0 aromatic carbocycles. The zero-order valence-electron chi connectivity index (χ0n) is 12.4. The summed E-state index contributed by atoms with van der Waals surface area (Å²) in [6.07, 6.45) is 0. The third kappa shape index (κ3) is 6.17. The summed E-state index contributed by atoms with van der Waals surface area (Å²) in [5.41, 5.74) is 0. The van der Waals surface area contributed by atoms with E-state index in [4.69, 9.17) is 0 Å². The van der Waals surface area contributed by atoms with Gasteiger partial charge in [0.2, 0.25) is 23.6 Å². The maximum absolute atomic E-state index is 11.8. The zero-order valence-corrected chi connectivity index (χ0v) is 12.4. The van der Waals surface area contributed by atoms with Crippen molar-refractivity contribution >= 4 is 23.6 Å². The highest BCUT2D eigenvalue weighted by atomic mass is 16.2. The molecule has 0 saturated heterocycles. The van der Waals surface area contributed by atoms with Crippen LogP contribution in [-0.4, -0.2) is 48.8 Å². The van der Waals surface area contributed by atoms with Crippen LogP contribution in [0.1, 0.15) is 27.7 Å². The fourth-order valence-corrected chi connectivity index (χ4v) is 1.39. The molecule has 0 aromatic rings. The normalized spacial score (nSPS) is 14.4. The van der Waals surface area contributed by atoms with Gasteiger partial charge in [0.05, 0.1) is 0 Å². The van der Waals surface area contributed by atoms with Crippen LogP contribution >= 0.6 is 0 Å². The second kappa shape index (κ2) is 8.13. The molecule has 0 aliphatic carbocycles. The molecular weight excluding hydrogens is 264 g/mol. The molecule has 8 heteroatoms. The maximum Gasteiger partial charge on any atom is 0.242 e. The van der Waals surface area contributed by atoms with Crippen molar-refractivity contribution in [3.8, 4) is 0 Å². The fourth-order valence-electron chi connectivity index (χ4n) is 1.39. The lowest BCUT2D eigenvalue weighted by molar-refractivity contribution is -0.132. The van der Waals surface area contributed by atoms with Crippen molar-refractivity contribution in [1.29, 1.82) is 0 Å². The smallest absolute Gasteiger partial charge is 0.242 e. The third-order valence-corrected chi connectivity index (χ3v) is 2.56. The molecule has 0 heterocycles. The SMILES string of the molecule is CNC(=O)[C@H](C)NC(=O)[C@H](C)NC(=O)[C@H](C)NC(C)=O. The zero-order chi connectivity index (χ0) is 15.9. The van der Waals surface area contributed by atoms with Crippen LogP contribution in [0, 0.1) is 0 Å². The van der Waals surface area contributed by atoms with E-state index in [1.54, 1.807) is 0 Å². The van der Waals surface area contributed by atoms with E-state index in [1.807, 2.05) is 0 Å². The van der Waals surface area contributed by atoms with Gasteiger partial charge in [-0.15, -0.1) is 0 Å². The predicted molar refractivity (Wildman–Crippen MR) is 72.6 cm³/mol. The number of hydrogen-bond acceptors (Lipinski definition) is 4. The molecule has 0 unspecified atom stereocenters. The summed E-state index contributed by atoms with van der Waals surface area (Å²) in [6.45, 7) is 5.83. The first-order chi connectivity index (χ1) is 9.18. The molecule has 0 bridgehead atoms. The number of amides is 4. The van der Waals surface area contributed by atoms with Gasteiger partial charge in [0, 0.05) is 14.0 Å². The second-order valence-electron chi connectivity index (χ2n) is 4.50. The van der Waals surface area contributed by atoms with E-state index >= 15 is 0 Å². The van der Waals surface area contributed by atoms with E-state index in [9.17, 15) is 19.2 Å². The maximum atomic E-state index is 11.8. The molecule has 0 radical (unpaired) electrons. The molecule has 0 saturated carbocycles. The van der Waals surface area contributed by atoms with Gasteiger partial charge in [-0.05, 0) is 20.8 Å². The Morgan fingerprint density at radius 2 is 1.05 bits per heavy atom. The monoisotopic (exact) mass is 286 g/mol. The Hall–Kier alpha value is -2.12. The predicted octanol–water partition coefficient (Wildman–Crippen LogP) is -1.73.